The first-order valence-electron chi connectivity index (χ1n) is 6.11. The molecule has 0 saturated carbocycles. The molecule has 0 aliphatic carbocycles. The molecular formula is C14H13ClN4O. The highest BCUT2D eigenvalue weighted by molar-refractivity contribution is 6.31. The third kappa shape index (κ3) is 2.16. The van der Waals surface area contributed by atoms with Gasteiger partial charge in [-0.25, -0.2) is 0 Å². The van der Waals surface area contributed by atoms with E-state index in [9.17, 15) is 4.79 Å². The van der Waals surface area contributed by atoms with E-state index in [4.69, 9.17) is 11.6 Å². The molecule has 20 heavy (non-hydrogen) atoms. The Morgan fingerprint density at radius 1 is 1.40 bits per heavy atom. The number of benzene rings is 1. The Morgan fingerprint density at radius 2 is 2.20 bits per heavy atom. The Hall–Kier alpha value is -2.27. The Balaban J connectivity index is 1.93. The van der Waals surface area contributed by atoms with Gasteiger partial charge in [-0.2, -0.15) is 5.10 Å². The fourth-order valence-electron chi connectivity index (χ4n) is 2.25. The number of rotatable bonds is 2. The minimum Gasteiger partial charge on any atom is -0.345 e. The van der Waals surface area contributed by atoms with Gasteiger partial charge in [-0.3, -0.25) is 9.89 Å². The largest absolute Gasteiger partial charge is 0.345 e. The molecule has 2 N–H and O–H groups in total. The molecule has 1 amide bonds. The van der Waals surface area contributed by atoms with E-state index in [1.807, 2.05) is 19.1 Å². The van der Waals surface area contributed by atoms with Crippen LogP contribution in [0.5, 0.6) is 0 Å². The van der Waals surface area contributed by atoms with Crippen LogP contribution in [0.3, 0.4) is 0 Å². The van der Waals surface area contributed by atoms with Crippen LogP contribution in [0, 0.1) is 6.92 Å². The van der Waals surface area contributed by atoms with E-state index >= 15 is 0 Å². The van der Waals surface area contributed by atoms with Crippen LogP contribution in [0.25, 0.3) is 10.9 Å². The summed E-state index contributed by atoms with van der Waals surface area (Å²) in [6.45, 7) is 1.98. The van der Waals surface area contributed by atoms with Crippen molar-refractivity contribution in [1.82, 2.24) is 14.8 Å². The highest BCUT2D eigenvalue weighted by Gasteiger charge is 2.12. The molecule has 102 valence electrons. The molecule has 3 aromatic rings. The van der Waals surface area contributed by atoms with Crippen molar-refractivity contribution < 1.29 is 4.79 Å². The zero-order valence-electron chi connectivity index (χ0n) is 11.1. The fourth-order valence-corrected chi connectivity index (χ4v) is 2.50. The van der Waals surface area contributed by atoms with E-state index < -0.39 is 0 Å². The maximum absolute atomic E-state index is 12.2. The summed E-state index contributed by atoms with van der Waals surface area (Å²) in [4.78, 5) is 12.2. The van der Waals surface area contributed by atoms with Crippen molar-refractivity contribution in [3.63, 3.8) is 0 Å². The quantitative estimate of drug-likeness (QED) is 0.761. The lowest BCUT2D eigenvalue weighted by Gasteiger charge is -2.07. The van der Waals surface area contributed by atoms with Gasteiger partial charge in [-0.1, -0.05) is 11.6 Å². The number of carbonyl (C=O) groups excluding carboxylic acids is 1. The zero-order valence-corrected chi connectivity index (χ0v) is 11.8. The van der Waals surface area contributed by atoms with Gasteiger partial charge in [0.15, 0.2) is 0 Å². The summed E-state index contributed by atoms with van der Waals surface area (Å²) in [5, 5.41) is 11.4. The molecule has 0 bridgehead atoms. The van der Waals surface area contributed by atoms with Gasteiger partial charge in [-0.05, 0) is 30.7 Å². The molecule has 6 heteroatoms. The Kier molecular flexibility index (Phi) is 2.99. The number of hydrogen-bond donors (Lipinski definition) is 2. The smallest absolute Gasteiger partial charge is 0.272 e. The van der Waals surface area contributed by atoms with Crippen LogP contribution in [0.4, 0.5) is 5.69 Å². The predicted octanol–water partition coefficient (Wildman–Crippen LogP) is 3.12. The number of carbonyl (C=O) groups is 1. The molecule has 0 unspecified atom stereocenters. The average Bonchev–Trinajstić information content (AvgIpc) is 2.95. The Bertz CT molecular complexity index is 803. The van der Waals surface area contributed by atoms with Gasteiger partial charge in [0, 0.05) is 24.3 Å². The topological polar surface area (TPSA) is 62.7 Å². The van der Waals surface area contributed by atoms with Crippen molar-refractivity contribution in [2.24, 2.45) is 7.05 Å². The highest BCUT2D eigenvalue weighted by Crippen LogP contribution is 2.22. The first kappa shape index (κ1) is 12.7. The van der Waals surface area contributed by atoms with E-state index in [0.717, 1.165) is 22.2 Å². The number of aromatic nitrogens is 3. The van der Waals surface area contributed by atoms with Crippen molar-refractivity contribution in [3.05, 3.63) is 46.9 Å². The molecule has 0 radical (unpaired) electrons. The minimum absolute atomic E-state index is 0.197. The second kappa shape index (κ2) is 4.68. The van der Waals surface area contributed by atoms with E-state index in [-0.39, 0.29) is 5.91 Å². The number of nitrogens with zero attached hydrogens (tertiary/aromatic N) is 2. The van der Waals surface area contributed by atoms with Crippen molar-refractivity contribution in [3.8, 4) is 0 Å². The van der Waals surface area contributed by atoms with Crippen molar-refractivity contribution in [2.45, 2.75) is 6.92 Å². The van der Waals surface area contributed by atoms with Crippen molar-refractivity contribution in [1.29, 1.82) is 0 Å². The molecule has 0 aliphatic rings. The van der Waals surface area contributed by atoms with Crippen LogP contribution in [-0.4, -0.2) is 20.7 Å². The summed E-state index contributed by atoms with van der Waals surface area (Å²) < 4.78 is 1.69. The molecule has 3 rings (SSSR count). The van der Waals surface area contributed by atoms with E-state index in [2.05, 4.69) is 15.5 Å². The number of aromatic amines is 1. The fraction of sp³-hybridized carbons (Fsp3) is 0.143. The van der Waals surface area contributed by atoms with Gasteiger partial charge in [0.1, 0.15) is 5.69 Å². The van der Waals surface area contributed by atoms with Gasteiger partial charge in [0.05, 0.1) is 16.7 Å². The first-order chi connectivity index (χ1) is 9.54. The lowest BCUT2D eigenvalue weighted by atomic mass is 10.1. The molecule has 0 atom stereocenters. The number of amides is 1. The zero-order chi connectivity index (χ0) is 14.3. The van der Waals surface area contributed by atoms with Crippen LogP contribution in [0.15, 0.2) is 30.6 Å². The number of anilines is 1. The molecule has 0 saturated heterocycles. The molecule has 1 aromatic carbocycles. The number of halogens is 1. The number of hydrogen-bond acceptors (Lipinski definition) is 2. The average molecular weight is 289 g/mol. The van der Waals surface area contributed by atoms with E-state index in [1.165, 1.54) is 0 Å². The van der Waals surface area contributed by atoms with Gasteiger partial charge >= 0.3 is 0 Å². The van der Waals surface area contributed by atoms with Crippen molar-refractivity contribution >= 4 is 34.1 Å². The Labute approximate surface area is 120 Å². The van der Waals surface area contributed by atoms with Gasteiger partial charge in [0.25, 0.3) is 5.91 Å². The van der Waals surface area contributed by atoms with E-state index in [1.54, 1.807) is 30.1 Å². The van der Waals surface area contributed by atoms with Crippen LogP contribution in [0.1, 0.15) is 16.1 Å². The second-order valence-corrected chi connectivity index (χ2v) is 5.17. The molecule has 2 heterocycles. The third-order valence-corrected chi connectivity index (χ3v) is 3.43. The van der Waals surface area contributed by atoms with Crippen LogP contribution in [-0.2, 0) is 7.05 Å². The first-order valence-corrected chi connectivity index (χ1v) is 6.49. The maximum atomic E-state index is 12.2. The molecule has 2 aromatic heterocycles. The maximum Gasteiger partial charge on any atom is 0.272 e. The Morgan fingerprint density at radius 3 is 2.90 bits per heavy atom. The predicted molar refractivity (Wildman–Crippen MR) is 79.2 cm³/mol. The normalized spacial score (nSPS) is 10.9. The highest BCUT2D eigenvalue weighted by atomic mass is 35.5. The van der Waals surface area contributed by atoms with Gasteiger partial charge in [0.2, 0.25) is 0 Å². The van der Waals surface area contributed by atoms with Crippen LogP contribution >= 0.6 is 11.6 Å². The second-order valence-electron chi connectivity index (χ2n) is 4.73. The lowest BCUT2D eigenvalue weighted by molar-refractivity contribution is 0.101. The standard InChI is InChI=1S/C14H13ClN4O/c1-8-3-10(5-12-11(8)6-16-18-12)17-14(20)13-4-9(15)7-19(13)2/h3-7H,1-2H3,(H,16,18)(H,17,20). The number of fused-ring (bicyclic) bond motifs is 1. The minimum atomic E-state index is -0.197. The lowest BCUT2D eigenvalue weighted by Crippen LogP contribution is -2.15. The van der Waals surface area contributed by atoms with Crippen LogP contribution < -0.4 is 5.32 Å². The van der Waals surface area contributed by atoms with Crippen LogP contribution in [0.2, 0.25) is 5.02 Å². The van der Waals surface area contributed by atoms with E-state index in [0.29, 0.717) is 10.7 Å². The summed E-state index contributed by atoms with van der Waals surface area (Å²) in [5.74, 6) is -0.197. The number of nitrogens with one attached hydrogen (secondary N) is 2. The number of aryl methyl sites for hydroxylation is 2. The SMILES string of the molecule is Cc1cc(NC(=O)c2cc(Cl)cn2C)cc2[nH]ncc12. The summed E-state index contributed by atoms with van der Waals surface area (Å²) in [7, 11) is 1.78. The van der Waals surface area contributed by atoms with Crippen molar-refractivity contribution in [2.75, 3.05) is 5.32 Å². The summed E-state index contributed by atoms with van der Waals surface area (Å²) in [6, 6.07) is 5.41. The molecular weight excluding hydrogens is 276 g/mol. The third-order valence-electron chi connectivity index (χ3n) is 3.23. The molecule has 0 fully saturated rings. The molecule has 0 aliphatic heterocycles. The summed E-state index contributed by atoms with van der Waals surface area (Å²) in [5.41, 5.74) is 3.18. The van der Waals surface area contributed by atoms with Gasteiger partial charge < -0.3 is 9.88 Å². The monoisotopic (exact) mass is 288 g/mol. The van der Waals surface area contributed by atoms with Gasteiger partial charge in [-0.15, -0.1) is 0 Å². The number of H-pyrrole nitrogens is 1. The summed E-state index contributed by atoms with van der Waals surface area (Å²) in [6.07, 6.45) is 3.47. The molecule has 5 nitrogen and oxygen atoms in total. The summed E-state index contributed by atoms with van der Waals surface area (Å²) >= 11 is 5.89. The molecule has 0 spiro atoms.